The van der Waals surface area contributed by atoms with Gasteiger partial charge in [0, 0.05) is 17.6 Å². The van der Waals surface area contributed by atoms with Crippen LogP contribution < -0.4 is 9.62 Å². The maximum absolute atomic E-state index is 13.8. The molecule has 0 aliphatic rings. The van der Waals surface area contributed by atoms with Crippen LogP contribution in [0, 0.1) is 5.82 Å². The van der Waals surface area contributed by atoms with E-state index in [-0.39, 0.29) is 29.1 Å². The van der Waals surface area contributed by atoms with Crippen LogP contribution in [0.4, 0.5) is 10.1 Å². The largest absolute Gasteiger partial charge is 0.352 e. The Morgan fingerprint density at radius 2 is 1.55 bits per heavy atom. The molecule has 7 nitrogen and oxygen atoms in total. The molecule has 0 saturated carbocycles. The quantitative estimate of drug-likeness (QED) is 0.358. The molecule has 3 rings (SSSR count). The molecule has 0 radical (unpaired) electrons. The molecule has 0 heterocycles. The van der Waals surface area contributed by atoms with E-state index >= 15 is 0 Å². The van der Waals surface area contributed by atoms with Crippen molar-refractivity contribution in [1.82, 2.24) is 10.2 Å². The van der Waals surface area contributed by atoms with Crippen molar-refractivity contribution in [3.63, 3.8) is 0 Å². The summed E-state index contributed by atoms with van der Waals surface area (Å²) in [5.74, 6) is -1.40. The van der Waals surface area contributed by atoms with E-state index in [0.29, 0.717) is 17.0 Å². The second-order valence-corrected chi connectivity index (χ2v) is 11.2. The summed E-state index contributed by atoms with van der Waals surface area (Å²) in [4.78, 5) is 28.0. The van der Waals surface area contributed by atoms with Gasteiger partial charge in [0.2, 0.25) is 11.8 Å². The predicted octanol–water partition coefficient (Wildman–Crippen LogP) is 5.01. The first kappa shape index (κ1) is 29.1. The van der Waals surface area contributed by atoms with E-state index in [0.717, 1.165) is 4.31 Å². The molecule has 2 amide bonds. The number of nitrogens with one attached hydrogen (secondary N) is 1. The maximum Gasteiger partial charge on any atom is 0.264 e. The molecule has 0 bridgehead atoms. The Morgan fingerprint density at radius 1 is 0.947 bits per heavy atom. The average Bonchev–Trinajstić information content (AvgIpc) is 2.91. The summed E-state index contributed by atoms with van der Waals surface area (Å²) in [7, 11) is -4.17. The van der Waals surface area contributed by atoms with Crippen molar-refractivity contribution >= 4 is 39.1 Å². The smallest absolute Gasteiger partial charge is 0.264 e. The standard InChI is InChI=1S/C28H31ClFN3O4S/c1-4-20(2)31-28(35)21(3)32(18-22-10-14-24(30)15-11-22)27(34)19-33(25-8-6-5-7-9-25)38(36,37)26-16-12-23(29)13-17-26/h5-17,20-21H,4,18-19H2,1-3H3,(H,31,35)/t20-,21-/m0/s1. The topological polar surface area (TPSA) is 86.8 Å². The minimum absolute atomic E-state index is 0.0160. The molecule has 0 aliphatic carbocycles. The summed E-state index contributed by atoms with van der Waals surface area (Å²) in [5.41, 5.74) is 0.879. The van der Waals surface area contributed by atoms with Crippen molar-refractivity contribution in [2.24, 2.45) is 0 Å². The van der Waals surface area contributed by atoms with Gasteiger partial charge in [-0.1, -0.05) is 48.9 Å². The summed E-state index contributed by atoms with van der Waals surface area (Å²) in [6, 6.07) is 18.5. The van der Waals surface area contributed by atoms with Gasteiger partial charge >= 0.3 is 0 Å². The molecule has 0 fully saturated rings. The number of hydrogen-bond acceptors (Lipinski definition) is 4. The Labute approximate surface area is 228 Å². The van der Waals surface area contributed by atoms with Gasteiger partial charge in [0.25, 0.3) is 10.0 Å². The van der Waals surface area contributed by atoms with E-state index in [1.807, 2.05) is 13.8 Å². The van der Waals surface area contributed by atoms with Crippen LogP contribution in [0.5, 0.6) is 0 Å². The van der Waals surface area contributed by atoms with E-state index in [9.17, 15) is 22.4 Å². The van der Waals surface area contributed by atoms with E-state index < -0.39 is 34.3 Å². The Balaban J connectivity index is 1.99. The zero-order chi connectivity index (χ0) is 27.9. The summed E-state index contributed by atoms with van der Waals surface area (Å²) >= 11 is 5.95. The Bertz CT molecular complexity index is 1340. The number of nitrogens with zero attached hydrogens (tertiary/aromatic N) is 2. The first-order valence-electron chi connectivity index (χ1n) is 12.2. The summed E-state index contributed by atoms with van der Waals surface area (Å²) in [6.45, 7) is 4.79. The van der Waals surface area contributed by atoms with E-state index in [1.54, 1.807) is 37.3 Å². The minimum atomic E-state index is -4.17. The SMILES string of the molecule is CC[C@H](C)NC(=O)[C@H](C)N(Cc1ccc(F)cc1)C(=O)CN(c1ccccc1)S(=O)(=O)c1ccc(Cl)cc1. The molecule has 1 N–H and O–H groups in total. The fraction of sp³-hybridized carbons (Fsp3) is 0.286. The number of carbonyl (C=O) groups is 2. The van der Waals surface area contributed by atoms with Gasteiger partial charge in [0.1, 0.15) is 18.4 Å². The fourth-order valence-electron chi connectivity index (χ4n) is 3.69. The van der Waals surface area contributed by atoms with Gasteiger partial charge in [-0.3, -0.25) is 13.9 Å². The molecule has 202 valence electrons. The van der Waals surface area contributed by atoms with Crippen LogP contribution >= 0.6 is 11.6 Å². The van der Waals surface area contributed by atoms with Gasteiger partial charge in [-0.15, -0.1) is 0 Å². The molecule has 0 unspecified atom stereocenters. The van der Waals surface area contributed by atoms with Crippen LogP contribution in [0.25, 0.3) is 0 Å². The zero-order valence-electron chi connectivity index (χ0n) is 21.5. The Kier molecular flexibility index (Phi) is 9.88. The number of carbonyl (C=O) groups excluding carboxylic acids is 2. The van der Waals surface area contributed by atoms with Gasteiger partial charge in [0.15, 0.2) is 0 Å². The fourth-order valence-corrected chi connectivity index (χ4v) is 5.23. The van der Waals surface area contributed by atoms with Gasteiger partial charge < -0.3 is 10.2 Å². The number of sulfonamides is 1. The van der Waals surface area contributed by atoms with Gasteiger partial charge in [0.05, 0.1) is 10.6 Å². The molecule has 3 aromatic carbocycles. The average molecular weight is 560 g/mol. The van der Waals surface area contributed by atoms with Crippen molar-refractivity contribution in [3.05, 3.63) is 95.3 Å². The zero-order valence-corrected chi connectivity index (χ0v) is 23.0. The molecule has 2 atom stereocenters. The highest BCUT2D eigenvalue weighted by Gasteiger charge is 2.32. The van der Waals surface area contributed by atoms with Gasteiger partial charge in [-0.05, 0) is 74.4 Å². The summed E-state index contributed by atoms with van der Waals surface area (Å²) in [6.07, 6.45) is 0.700. The molecule has 0 saturated heterocycles. The Hall–Kier alpha value is -3.43. The lowest BCUT2D eigenvalue weighted by Crippen LogP contribution is -2.52. The third-order valence-electron chi connectivity index (χ3n) is 6.16. The highest BCUT2D eigenvalue weighted by molar-refractivity contribution is 7.92. The van der Waals surface area contributed by atoms with Crippen LogP contribution in [0.3, 0.4) is 0 Å². The molecule has 0 aliphatic heterocycles. The van der Waals surface area contributed by atoms with Crippen molar-refractivity contribution in [2.45, 2.75) is 50.7 Å². The highest BCUT2D eigenvalue weighted by atomic mass is 35.5. The third-order valence-corrected chi connectivity index (χ3v) is 8.20. The molecular weight excluding hydrogens is 529 g/mol. The molecule has 38 heavy (non-hydrogen) atoms. The normalized spacial score (nSPS) is 12.9. The van der Waals surface area contributed by atoms with Gasteiger partial charge in [-0.2, -0.15) is 0 Å². The van der Waals surface area contributed by atoms with Crippen LogP contribution in [-0.4, -0.2) is 43.8 Å². The maximum atomic E-state index is 13.8. The first-order valence-corrected chi connectivity index (χ1v) is 14.0. The third kappa shape index (κ3) is 7.33. The number of benzene rings is 3. The van der Waals surface area contributed by atoms with Crippen LogP contribution in [0.1, 0.15) is 32.8 Å². The summed E-state index contributed by atoms with van der Waals surface area (Å²) < 4.78 is 41.9. The number of anilines is 1. The highest BCUT2D eigenvalue weighted by Crippen LogP contribution is 2.25. The number of para-hydroxylation sites is 1. The number of halogens is 2. The van der Waals surface area contributed by atoms with Crippen LogP contribution in [0.2, 0.25) is 5.02 Å². The summed E-state index contributed by atoms with van der Waals surface area (Å²) in [5, 5.41) is 3.24. The molecule has 0 spiro atoms. The van der Waals surface area contributed by atoms with E-state index in [4.69, 9.17) is 11.6 Å². The number of hydrogen-bond donors (Lipinski definition) is 1. The van der Waals surface area contributed by atoms with Crippen LogP contribution in [0.15, 0.2) is 83.8 Å². The van der Waals surface area contributed by atoms with Gasteiger partial charge in [-0.25, -0.2) is 12.8 Å². The molecule has 3 aromatic rings. The molecule has 0 aromatic heterocycles. The monoisotopic (exact) mass is 559 g/mol. The second kappa shape index (κ2) is 12.9. The lowest BCUT2D eigenvalue weighted by Gasteiger charge is -2.32. The molecule has 10 heteroatoms. The van der Waals surface area contributed by atoms with Crippen molar-refractivity contribution < 1.29 is 22.4 Å². The predicted molar refractivity (Wildman–Crippen MR) is 147 cm³/mol. The first-order chi connectivity index (χ1) is 18.0. The van der Waals surface area contributed by atoms with Crippen molar-refractivity contribution in [2.75, 3.05) is 10.8 Å². The second-order valence-electron chi connectivity index (χ2n) is 8.94. The van der Waals surface area contributed by atoms with Crippen molar-refractivity contribution in [3.8, 4) is 0 Å². The van der Waals surface area contributed by atoms with Crippen LogP contribution in [-0.2, 0) is 26.2 Å². The number of rotatable bonds is 11. The van der Waals surface area contributed by atoms with E-state index in [2.05, 4.69) is 5.32 Å². The van der Waals surface area contributed by atoms with E-state index in [1.165, 1.54) is 53.4 Å². The lowest BCUT2D eigenvalue weighted by molar-refractivity contribution is -0.139. The molecular formula is C28H31ClFN3O4S. The lowest BCUT2D eigenvalue weighted by atomic mass is 10.1. The Morgan fingerprint density at radius 3 is 2.13 bits per heavy atom. The van der Waals surface area contributed by atoms with Crippen molar-refractivity contribution in [1.29, 1.82) is 0 Å². The minimum Gasteiger partial charge on any atom is -0.352 e. The number of amides is 2.